The first kappa shape index (κ1) is 17.5. The molecule has 1 aromatic rings. The monoisotopic (exact) mass is 318 g/mol. The second-order valence-electron chi connectivity index (χ2n) is 5.91. The van der Waals surface area contributed by atoms with Gasteiger partial charge in [-0.2, -0.15) is 0 Å². The van der Waals surface area contributed by atoms with Crippen LogP contribution in [0, 0.1) is 0 Å². The average molecular weight is 318 g/mol. The summed E-state index contributed by atoms with van der Waals surface area (Å²) in [5.74, 6) is 0.713. The molecule has 126 valence electrons. The number of Topliss-reactive ketones (excluding diaryl/α,β-unsaturated/α-hetero) is 1. The third-order valence-electron chi connectivity index (χ3n) is 3.89. The number of nitrogens with one attached hydrogen (secondary N) is 2. The van der Waals surface area contributed by atoms with Crippen LogP contribution < -0.4 is 15.4 Å². The Morgan fingerprint density at radius 3 is 2.70 bits per heavy atom. The molecule has 1 aromatic carbocycles. The van der Waals surface area contributed by atoms with Gasteiger partial charge in [-0.1, -0.05) is 6.92 Å². The van der Waals surface area contributed by atoms with Crippen LogP contribution in [0.25, 0.3) is 0 Å². The lowest BCUT2D eigenvalue weighted by Gasteiger charge is -2.23. The Morgan fingerprint density at radius 1 is 1.26 bits per heavy atom. The van der Waals surface area contributed by atoms with Crippen molar-refractivity contribution in [2.75, 3.05) is 19.7 Å². The van der Waals surface area contributed by atoms with Gasteiger partial charge in [0.2, 0.25) is 5.91 Å². The fourth-order valence-electron chi connectivity index (χ4n) is 2.60. The highest BCUT2D eigenvalue weighted by Gasteiger charge is 2.16. The van der Waals surface area contributed by atoms with Gasteiger partial charge in [0.25, 0.3) is 0 Å². The zero-order valence-corrected chi connectivity index (χ0v) is 13.8. The lowest BCUT2D eigenvalue weighted by atomic mass is 10.0. The molecule has 1 aliphatic heterocycles. The first-order chi connectivity index (χ1) is 11.2. The van der Waals surface area contributed by atoms with Gasteiger partial charge in [0.15, 0.2) is 5.78 Å². The number of benzene rings is 1. The highest BCUT2D eigenvalue weighted by Crippen LogP contribution is 2.14. The standard InChI is InChI=1S/C18H26N2O3/c1-2-12-23-16-7-5-14(6-8-16)17(21)9-10-18(22)20-15-4-3-11-19-13-15/h5-8,15,19H,2-4,9-13H2,1H3,(H,20,22)/t15-/m0/s1. The van der Waals surface area contributed by atoms with Crippen molar-refractivity contribution in [2.24, 2.45) is 0 Å². The third kappa shape index (κ3) is 6.02. The Kier molecular flexibility index (Phi) is 7.07. The predicted molar refractivity (Wildman–Crippen MR) is 89.8 cm³/mol. The molecule has 0 unspecified atom stereocenters. The minimum Gasteiger partial charge on any atom is -0.494 e. The van der Waals surface area contributed by atoms with E-state index in [1.807, 2.05) is 6.92 Å². The van der Waals surface area contributed by atoms with Crippen LogP contribution in [-0.4, -0.2) is 37.4 Å². The minimum atomic E-state index is -0.0463. The van der Waals surface area contributed by atoms with E-state index in [-0.39, 0.29) is 30.6 Å². The summed E-state index contributed by atoms with van der Waals surface area (Å²) in [4.78, 5) is 24.0. The molecule has 1 heterocycles. The van der Waals surface area contributed by atoms with Crippen LogP contribution in [0.3, 0.4) is 0 Å². The van der Waals surface area contributed by atoms with Gasteiger partial charge in [-0.15, -0.1) is 0 Å². The van der Waals surface area contributed by atoms with Crippen LogP contribution in [0.5, 0.6) is 5.75 Å². The van der Waals surface area contributed by atoms with Gasteiger partial charge in [0, 0.05) is 31.0 Å². The summed E-state index contributed by atoms with van der Waals surface area (Å²) in [7, 11) is 0. The van der Waals surface area contributed by atoms with Crippen LogP contribution >= 0.6 is 0 Å². The van der Waals surface area contributed by atoms with E-state index in [0.29, 0.717) is 12.2 Å². The number of ketones is 1. The van der Waals surface area contributed by atoms with Crippen molar-refractivity contribution >= 4 is 11.7 Å². The molecule has 5 heteroatoms. The lowest BCUT2D eigenvalue weighted by Crippen LogP contribution is -2.45. The highest BCUT2D eigenvalue weighted by atomic mass is 16.5. The van der Waals surface area contributed by atoms with E-state index in [0.717, 1.165) is 38.1 Å². The molecule has 1 atom stereocenters. The first-order valence-electron chi connectivity index (χ1n) is 8.45. The fraction of sp³-hybridized carbons (Fsp3) is 0.556. The van der Waals surface area contributed by atoms with E-state index in [4.69, 9.17) is 4.74 Å². The Hall–Kier alpha value is -1.88. The molecule has 1 aliphatic rings. The van der Waals surface area contributed by atoms with Crippen molar-refractivity contribution < 1.29 is 14.3 Å². The van der Waals surface area contributed by atoms with Gasteiger partial charge in [0.05, 0.1) is 6.61 Å². The van der Waals surface area contributed by atoms with Gasteiger partial charge >= 0.3 is 0 Å². The van der Waals surface area contributed by atoms with Crippen LogP contribution in [-0.2, 0) is 4.79 Å². The van der Waals surface area contributed by atoms with E-state index in [1.165, 1.54) is 0 Å². The SMILES string of the molecule is CCCOc1ccc(C(=O)CCC(=O)N[C@H]2CCCNC2)cc1. The van der Waals surface area contributed by atoms with Crippen LogP contribution in [0.1, 0.15) is 49.4 Å². The van der Waals surface area contributed by atoms with E-state index in [1.54, 1.807) is 24.3 Å². The van der Waals surface area contributed by atoms with Crippen LogP contribution in [0.2, 0.25) is 0 Å². The van der Waals surface area contributed by atoms with Gasteiger partial charge in [-0.3, -0.25) is 9.59 Å². The largest absolute Gasteiger partial charge is 0.494 e. The third-order valence-corrected chi connectivity index (χ3v) is 3.89. The van der Waals surface area contributed by atoms with Crippen molar-refractivity contribution in [3.63, 3.8) is 0 Å². The molecule has 0 bridgehead atoms. The molecular weight excluding hydrogens is 292 g/mol. The lowest BCUT2D eigenvalue weighted by molar-refractivity contribution is -0.121. The maximum absolute atomic E-state index is 12.1. The Balaban J connectivity index is 1.74. The zero-order valence-electron chi connectivity index (χ0n) is 13.8. The highest BCUT2D eigenvalue weighted by molar-refractivity contribution is 5.98. The molecule has 2 rings (SSSR count). The normalized spacial score (nSPS) is 17.5. The molecule has 1 fully saturated rings. The number of amides is 1. The number of hydrogen-bond donors (Lipinski definition) is 2. The molecule has 23 heavy (non-hydrogen) atoms. The fourth-order valence-corrected chi connectivity index (χ4v) is 2.60. The maximum atomic E-state index is 12.1. The molecule has 0 aliphatic carbocycles. The van der Waals surface area contributed by atoms with E-state index >= 15 is 0 Å². The van der Waals surface area contributed by atoms with Crippen LogP contribution in [0.15, 0.2) is 24.3 Å². The molecule has 0 spiro atoms. The Labute approximate surface area is 137 Å². The smallest absolute Gasteiger partial charge is 0.220 e. The summed E-state index contributed by atoms with van der Waals surface area (Å²) in [6, 6.07) is 7.32. The van der Waals surface area contributed by atoms with Crippen molar-refractivity contribution in [3.8, 4) is 5.75 Å². The zero-order chi connectivity index (χ0) is 16.5. The van der Waals surface area contributed by atoms with Crippen LogP contribution in [0.4, 0.5) is 0 Å². The summed E-state index contributed by atoms with van der Waals surface area (Å²) >= 11 is 0. The Bertz CT molecular complexity index is 508. The van der Waals surface area contributed by atoms with Crippen molar-refractivity contribution in [2.45, 2.75) is 45.1 Å². The summed E-state index contributed by atoms with van der Waals surface area (Å²) in [5, 5.41) is 6.24. The van der Waals surface area contributed by atoms with E-state index in [2.05, 4.69) is 10.6 Å². The van der Waals surface area contributed by atoms with Gasteiger partial charge < -0.3 is 15.4 Å². The molecule has 1 amide bonds. The quantitative estimate of drug-likeness (QED) is 0.722. The van der Waals surface area contributed by atoms with E-state index in [9.17, 15) is 9.59 Å². The van der Waals surface area contributed by atoms with E-state index < -0.39 is 0 Å². The number of piperidine rings is 1. The topological polar surface area (TPSA) is 67.4 Å². The molecule has 1 saturated heterocycles. The summed E-state index contributed by atoms with van der Waals surface area (Å²) < 4.78 is 5.49. The molecule has 0 saturated carbocycles. The number of rotatable bonds is 8. The summed E-state index contributed by atoms with van der Waals surface area (Å²) in [6.45, 7) is 4.55. The summed E-state index contributed by atoms with van der Waals surface area (Å²) in [5.41, 5.74) is 0.626. The average Bonchev–Trinajstić information content (AvgIpc) is 2.59. The molecular formula is C18H26N2O3. The molecule has 0 radical (unpaired) electrons. The molecule has 0 aromatic heterocycles. The van der Waals surface area contributed by atoms with Gasteiger partial charge in [-0.25, -0.2) is 0 Å². The Morgan fingerprint density at radius 2 is 2.04 bits per heavy atom. The number of carbonyl (C=O) groups excluding carboxylic acids is 2. The first-order valence-corrected chi connectivity index (χ1v) is 8.45. The maximum Gasteiger partial charge on any atom is 0.220 e. The van der Waals surface area contributed by atoms with Crippen molar-refractivity contribution in [1.29, 1.82) is 0 Å². The van der Waals surface area contributed by atoms with Crippen molar-refractivity contribution in [1.82, 2.24) is 10.6 Å². The second-order valence-corrected chi connectivity index (χ2v) is 5.91. The number of hydrogen-bond acceptors (Lipinski definition) is 4. The van der Waals surface area contributed by atoms with Crippen molar-refractivity contribution in [3.05, 3.63) is 29.8 Å². The second kappa shape index (κ2) is 9.30. The number of carbonyl (C=O) groups is 2. The number of ether oxygens (including phenoxy) is 1. The van der Waals surface area contributed by atoms with Gasteiger partial charge in [-0.05, 0) is 50.1 Å². The summed E-state index contributed by atoms with van der Waals surface area (Å²) in [6.07, 6.45) is 3.51. The molecule has 5 nitrogen and oxygen atoms in total. The predicted octanol–water partition coefficient (Wildman–Crippen LogP) is 2.31. The molecule has 2 N–H and O–H groups in total. The van der Waals surface area contributed by atoms with Gasteiger partial charge in [0.1, 0.15) is 5.75 Å². The minimum absolute atomic E-state index is 0.0102.